The lowest BCUT2D eigenvalue weighted by Gasteiger charge is -2.43. The maximum absolute atomic E-state index is 13.9. The molecule has 6 heteroatoms. The van der Waals surface area contributed by atoms with Crippen LogP contribution in [0.4, 0.5) is 17.6 Å². The van der Waals surface area contributed by atoms with Gasteiger partial charge in [-0.25, -0.2) is 4.39 Å². The molecular formula is C16H20F4N2. The molecule has 0 bridgehead atoms. The van der Waals surface area contributed by atoms with Gasteiger partial charge in [0.2, 0.25) is 0 Å². The molecule has 122 valence electrons. The SMILES string of the molecule is Fc1cc([C@H](C2CCC2)N2CCNCC2)ccc1C(F)(F)F. The number of nitrogens with zero attached hydrogens (tertiary/aromatic N) is 1. The molecule has 2 aliphatic rings. The monoisotopic (exact) mass is 316 g/mol. The van der Waals surface area contributed by atoms with Crippen molar-refractivity contribution in [3.8, 4) is 0 Å². The van der Waals surface area contributed by atoms with Crippen molar-refractivity contribution in [1.29, 1.82) is 0 Å². The van der Waals surface area contributed by atoms with Gasteiger partial charge in [-0.15, -0.1) is 0 Å². The average molecular weight is 316 g/mol. The van der Waals surface area contributed by atoms with Crippen molar-refractivity contribution < 1.29 is 17.6 Å². The van der Waals surface area contributed by atoms with Crippen LogP contribution in [0.15, 0.2) is 18.2 Å². The molecule has 2 fully saturated rings. The van der Waals surface area contributed by atoms with Gasteiger partial charge in [-0.05, 0) is 36.5 Å². The normalized spacial score (nSPS) is 22.4. The van der Waals surface area contributed by atoms with Crippen LogP contribution in [0.25, 0.3) is 0 Å². The number of rotatable bonds is 3. The van der Waals surface area contributed by atoms with Crippen LogP contribution < -0.4 is 5.32 Å². The van der Waals surface area contributed by atoms with E-state index >= 15 is 0 Å². The van der Waals surface area contributed by atoms with Crippen LogP contribution in [0.2, 0.25) is 0 Å². The zero-order valence-electron chi connectivity index (χ0n) is 12.3. The molecule has 1 N–H and O–H groups in total. The smallest absolute Gasteiger partial charge is 0.314 e. The summed E-state index contributed by atoms with van der Waals surface area (Å²) in [6.45, 7) is 3.44. The van der Waals surface area contributed by atoms with Crippen LogP contribution in [-0.2, 0) is 6.18 Å². The summed E-state index contributed by atoms with van der Waals surface area (Å²) in [5.41, 5.74) is -0.499. The van der Waals surface area contributed by atoms with Crippen molar-refractivity contribution in [1.82, 2.24) is 10.2 Å². The topological polar surface area (TPSA) is 15.3 Å². The van der Waals surface area contributed by atoms with E-state index in [-0.39, 0.29) is 6.04 Å². The lowest BCUT2D eigenvalue weighted by molar-refractivity contribution is -0.140. The minimum atomic E-state index is -4.64. The molecule has 2 nitrogen and oxygen atoms in total. The number of halogens is 4. The Morgan fingerprint density at radius 2 is 1.82 bits per heavy atom. The Labute approximate surface area is 127 Å². The van der Waals surface area contributed by atoms with Gasteiger partial charge in [0.15, 0.2) is 0 Å². The second-order valence-corrected chi connectivity index (χ2v) is 6.16. The van der Waals surface area contributed by atoms with Gasteiger partial charge < -0.3 is 5.32 Å². The van der Waals surface area contributed by atoms with Crippen molar-refractivity contribution in [2.75, 3.05) is 26.2 Å². The molecular weight excluding hydrogens is 296 g/mol. The van der Waals surface area contributed by atoms with E-state index in [1.165, 1.54) is 6.07 Å². The molecule has 0 spiro atoms. The first kappa shape index (κ1) is 15.7. The second-order valence-electron chi connectivity index (χ2n) is 6.16. The predicted octanol–water partition coefficient (Wildman–Crippen LogP) is 3.59. The Morgan fingerprint density at radius 1 is 1.14 bits per heavy atom. The van der Waals surface area contributed by atoms with Crippen molar-refractivity contribution in [2.24, 2.45) is 5.92 Å². The van der Waals surface area contributed by atoms with Crippen LogP contribution >= 0.6 is 0 Å². The second kappa shape index (κ2) is 6.16. The van der Waals surface area contributed by atoms with E-state index in [1.54, 1.807) is 0 Å². The summed E-state index contributed by atoms with van der Waals surface area (Å²) >= 11 is 0. The molecule has 1 saturated heterocycles. The maximum atomic E-state index is 13.9. The molecule has 0 radical (unpaired) electrons. The number of nitrogens with one attached hydrogen (secondary N) is 1. The summed E-state index contributed by atoms with van der Waals surface area (Å²) in [6.07, 6.45) is -1.35. The Hall–Kier alpha value is -1.14. The molecule has 1 saturated carbocycles. The zero-order chi connectivity index (χ0) is 15.7. The standard InChI is InChI=1S/C16H20F4N2/c17-14-10-12(4-5-13(14)16(18,19)20)15(11-2-1-3-11)22-8-6-21-7-9-22/h4-5,10-11,15,21H,1-3,6-9H2/t15-/m0/s1. The average Bonchev–Trinajstić information content (AvgIpc) is 2.42. The fourth-order valence-electron chi connectivity index (χ4n) is 3.44. The van der Waals surface area contributed by atoms with E-state index in [0.29, 0.717) is 11.5 Å². The van der Waals surface area contributed by atoms with Crippen LogP contribution in [0.3, 0.4) is 0 Å². The summed E-state index contributed by atoms with van der Waals surface area (Å²) in [5.74, 6) is -0.737. The summed E-state index contributed by atoms with van der Waals surface area (Å²) in [5, 5.41) is 3.27. The van der Waals surface area contributed by atoms with Gasteiger partial charge in [0.1, 0.15) is 5.82 Å². The summed E-state index contributed by atoms with van der Waals surface area (Å²) in [7, 11) is 0. The molecule has 0 aromatic heterocycles. The van der Waals surface area contributed by atoms with E-state index in [9.17, 15) is 17.6 Å². The first-order valence-corrected chi connectivity index (χ1v) is 7.78. The third-order valence-electron chi connectivity index (χ3n) is 4.78. The van der Waals surface area contributed by atoms with Gasteiger partial charge in [-0.3, -0.25) is 4.90 Å². The molecule has 1 atom stereocenters. The third kappa shape index (κ3) is 3.13. The van der Waals surface area contributed by atoms with Gasteiger partial charge >= 0.3 is 6.18 Å². The number of hydrogen-bond donors (Lipinski definition) is 1. The van der Waals surface area contributed by atoms with Crippen LogP contribution in [0.5, 0.6) is 0 Å². The molecule has 1 heterocycles. The highest BCUT2D eigenvalue weighted by molar-refractivity contribution is 5.29. The Bertz CT molecular complexity index is 519. The first-order valence-electron chi connectivity index (χ1n) is 7.78. The molecule has 0 amide bonds. The van der Waals surface area contributed by atoms with E-state index < -0.39 is 17.6 Å². The van der Waals surface area contributed by atoms with Gasteiger partial charge in [0, 0.05) is 32.2 Å². The first-order chi connectivity index (χ1) is 10.5. The minimum absolute atomic E-state index is 0.0348. The van der Waals surface area contributed by atoms with Crippen LogP contribution in [-0.4, -0.2) is 31.1 Å². The van der Waals surface area contributed by atoms with Crippen molar-refractivity contribution in [3.05, 3.63) is 35.1 Å². The highest BCUT2D eigenvalue weighted by Gasteiger charge is 2.37. The van der Waals surface area contributed by atoms with Crippen LogP contribution in [0, 0.1) is 11.7 Å². The Kier molecular flexibility index (Phi) is 4.41. The van der Waals surface area contributed by atoms with Gasteiger partial charge in [0.25, 0.3) is 0 Å². The predicted molar refractivity (Wildman–Crippen MR) is 75.9 cm³/mol. The summed E-state index contributed by atoms with van der Waals surface area (Å²) in [6, 6.07) is 3.47. The third-order valence-corrected chi connectivity index (χ3v) is 4.78. The van der Waals surface area contributed by atoms with Crippen molar-refractivity contribution >= 4 is 0 Å². The molecule has 1 aromatic rings. The zero-order valence-corrected chi connectivity index (χ0v) is 12.3. The van der Waals surface area contributed by atoms with Crippen molar-refractivity contribution in [2.45, 2.75) is 31.5 Å². The fraction of sp³-hybridized carbons (Fsp3) is 0.625. The molecule has 1 aliphatic heterocycles. The quantitative estimate of drug-likeness (QED) is 0.857. The lowest BCUT2D eigenvalue weighted by Crippen LogP contribution is -2.47. The molecule has 3 rings (SSSR count). The van der Waals surface area contributed by atoms with Gasteiger partial charge in [0.05, 0.1) is 5.56 Å². The van der Waals surface area contributed by atoms with E-state index in [0.717, 1.165) is 57.6 Å². The highest BCUT2D eigenvalue weighted by Crippen LogP contribution is 2.42. The summed E-state index contributed by atoms with van der Waals surface area (Å²) in [4.78, 5) is 2.28. The molecule has 22 heavy (non-hydrogen) atoms. The Morgan fingerprint density at radius 3 is 2.32 bits per heavy atom. The molecule has 1 aromatic carbocycles. The Balaban J connectivity index is 1.89. The molecule has 0 unspecified atom stereocenters. The number of hydrogen-bond acceptors (Lipinski definition) is 2. The molecule has 1 aliphatic carbocycles. The summed E-state index contributed by atoms with van der Waals surface area (Å²) < 4.78 is 52.0. The van der Waals surface area contributed by atoms with Gasteiger partial charge in [-0.2, -0.15) is 13.2 Å². The largest absolute Gasteiger partial charge is 0.419 e. The van der Waals surface area contributed by atoms with E-state index in [4.69, 9.17) is 0 Å². The van der Waals surface area contributed by atoms with Crippen LogP contribution in [0.1, 0.15) is 36.4 Å². The van der Waals surface area contributed by atoms with Gasteiger partial charge in [-0.1, -0.05) is 12.5 Å². The number of benzene rings is 1. The number of alkyl halides is 3. The van der Waals surface area contributed by atoms with E-state index in [2.05, 4.69) is 10.2 Å². The number of piperazine rings is 1. The van der Waals surface area contributed by atoms with Crippen molar-refractivity contribution in [3.63, 3.8) is 0 Å². The lowest BCUT2D eigenvalue weighted by atomic mass is 9.76. The fourth-order valence-corrected chi connectivity index (χ4v) is 3.44. The highest BCUT2D eigenvalue weighted by atomic mass is 19.4. The van der Waals surface area contributed by atoms with E-state index in [1.807, 2.05) is 0 Å². The maximum Gasteiger partial charge on any atom is 0.419 e. The minimum Gasteiger partial charge on any atom is -0.314 e.